The van der Waals surface area contributed by atoms with Gasteiger partial charge in [0, 0.05) is 30.4 Å². The zero-order chi connectivity index (χ0) is 13.0. The van der Waals surface area contributed by atoms with Crippen molar-refractivity contribution in [1.29, 1.82) is 0 Å². The van der Waals surface area contributed by atoms with Crippen LogP contribution in [0.1, 0.15) is 5.56 Å². The lowest BCUT2D eigenvalue weighted by atomic mass is 10.2. The molecule has 0 aliphatic carbocycles. The Kier molecular flexibility index (Phi) is 3.69. The van der Waals surface area contributed by atoms with E-state index in [1.165, 1.54) is 12.1 Å². The number of benzene rings is 1. The van der Waals surface area contributed by atoms with Crippen LogP contribution in [0.5, 0.6) is 11.5 Å². The fraction of sp³-hybridized carbons (Fsp3) is 0.250. The summed E-state index contributed by atoms with van der Waals surface area (Å²) in [6, 6.07) is 6.23. The molecule has 1 heterocycles. The van der Waals surface area contributed by atoms with Crippen molar-refractivity contribution in [3.8, 4) is 11.5 Å². The Bertz CT molecular complexity index is 525. The third-order valence-corrected chi connectivity index (χ3v) is 2.50. The van der Waals surface area contributed by atoms with Gasteiger partial charge in [0.15, 0.2) is 0 Å². The van der Waals surface area contributed by atoms with E-state index in [1.54, 1.807) is 23.0 Å². The molecule has 1 aromatic heterocycles. The normalized spacial score (nSPS) is 10.5. The maximum Gasteiger partial charge on any atom is 0.148 e. The summed E-state index contributed by atoms with van der Waals surface area (Å²) in [5.74, 6) is 0.733. The number of hydrogen-bond donors (Lipinski definition) is 4. The molecule has 6 heteroatoms. The lowest BCUT2D eigenvalue weighted by Gasteiger charge is -2.06. The van der Waals surface area contributed by atoms with Gasteiger partial charge in [0.2, 0.25) is 0 Å². The van der Waals surface area contributed by atoms with Crippen molar-refractivity contribution in [1.82, 2.24) is 9.78 Å². The monoisotopic (exact) mass is 249 g/mol. The molecule has 0 spiro atoms. The number of rotatable bonds is 5. The molecule has 0 saturated carbocycles. The van der Waals surface area contributed by atoms with Crippen LogP contribution in [0, 0.1) is 0 Å². The number of nitrogens with zero attached hydrogens (tertiary/aromatic N) is 2. The highest BCUT2D eigenvalue weighted by molar-refractivity contribution is 5.42. The van der Waals surface area contributed by atoms with Crippen molar-refractivity contribution in [2.45, 2.75) is 13.1 Å². The first-order chi connectivity index (χ1) is 8.69. The average molecular weight is 249 g/mol. The molecule has 0 saturated heterocycles. The van der Waals surface area contributed by atoms with Crippen molar-refractivity contribution in [3.05, 3.63) is 36.0 Å². The summed E-state index contributed by atoms with van der Waals surface area (Å²) in [5, 5.41) is 34.7. The Hall–Kier alpha value is -2.21. The van der Waals surface area contributed by atoms with E-state index >= 15 is 0 Å². The number of nitrogens with one attached hydrogen (secondary N) is 1. The highest BCUT2D eigenvalue weighted by atomic mass is 16.3. The first-order valence-electron chi connectivity index (χ1n) is 5.58. The smallest absolute Gasteiger partial charge is 0.148 e. The van der Waals surface area contributed by atoms with Crippen LogP contribution in [0.4, 0.5) is 5.82 Å². The lowest BCUT2D eigenvalue weighted by molar-refractivity contribution is 0.269. The summed E-state index contributed by atoms with van der Waals surface area (Å²) in [4.78, 5) is 0. The SMILES string of the molecule is OCCn1ccc(NCc2ccc(O)cc2O)n1. The molecule has 96 valence electrons. The van der Waals surface area contributed by atoms with Crippen LogP contribution in [0.2, 0.25) is 0 Å². The van der Waals surface area contributed by atoms with Gasteiger partial charge in [-0.2, -0.15) is 5.10 Å². The summed E-state index contributed by atoms with van der Waals surface area (Å²) in [7, 11) is 0. The van der Waals surface area contributed by atoms with Crippen molar-refractivity contribution in [3.63, 3.8) is 0 Å². The number of aliphatic hydroxyl groups excluding tert-OH is 1. The molecule has 0 unspecified atom stereocenters. The lowest BCUT2D eigenvalue weighted by Crippen LogP contribution is -2.04. The summed E-state index contributed by atoms with van der Waals surface area (Å²) >= 11 is 0. The van der Waals surface area contributed by atoms with Crippen LogP contribution in [0.3, 0.4) is 0 Å². The molecule has 2 rings (SSSR count). The van der Waals surface area contributed by atoms with E-state index in [-0.39, 0.29) is 18.1 Å². The fourth-order valence-corrected chi connectivity index (χ4v) is 1.57. The van der Waals surface area contributed by atoms with Crippen molar-refractivity contribution < 1.29 is 15.3 Å². The quantitative estimate of drug-likeness (QED) is 0.632. The standard InChI is InChI=1S/C12H15N3O3/c16-6-5-15-4-3-12(14-15)13-8-9-1-2-10(17)7-11(9)18/h1-4,7,16-18H,5-6,8H2,(H,13,14). The first-order valence-corrected chi connectivity index (χ1v) is 5.58. The summed E-state index contributed by atoms with van der Waals surface area (Å²) in [6.07, 6.45) is 1.76. The van der Waals surface area contributed by atoms with E-state index < -0.39 is 0 Å². The minimum Gasteiger partial charge on any atom is -0.508 e. The van der Waals surface area contributed by atoms with Crippen LogP contribution < -0.4 is 5.32 Å². The maximum absolute atomic E-state index is 9.60. The number of phenolic OH excluding ortho intramolecular Hbond substituents is 2. The van der Waals surface area contributed by atoms with E-state index in [2.05, 4.69) is 10.4 Å². The van der Waals surface area contributed by atoms with Crippen molar-refractivity contribution >= 4 is 5.82 Å². The first kappa shape index (κ1) is 12.3. The van der Waals surface area contributed by atoms with Crippen LogP contribution >= 0.6 is 0 Å². The van der Waals surface area contributed by atoms with Gasteiger partial charge in [-0.25, -0.2) is 0 Å². The van der Waals surface area contributed by atoms with Gasteiger partial charge in [0.25, 0.3) is 0 Å². The number of phenols is 2. The number of aromatic nitrogens is 2. The molecular formula is C12H15N3O3. The zero-order valence-electron chi connectivity index (χ0n) is 9.74. The minimum atomic E-state index is 0.0310. The molecular weight excluding hydrogens is 234 g/mol. The summed E-state index contributed by atoms with van der Waals surface area (Å²) < 4.78 is 1.62. The molecule has 6 nitrogen and oxygen atoms in total. The highest BCUT2D eigenvalue weighted by Gasteiger charge is 2.03. The molecule has 0 aliphatic rings. The van der Waals surface area contributed by atoms with Gasteiger partial charge >= 0.3 is 0 Å². The molecule has 0 fully saturated rings. The number of aliphatic hydroxyl groups is 1. The Morgan fingerprint density at radius 2 is 2.06 bits per heavy atom. The Labute approximate surface area is 104 Å². The molecule has 0 aliphatic heterocycles. The van der Waals surface area contributed by atoms with Crippen LogP contribution in [0.15, 0.2) is 30.5 Å². The molecule has 0 radical (unpaired) electrons. The van der Waals surface area contributed by atoms with Crippen molar-refractivity contribution in [2.75, 3.05) is 11.9 Å². The zero-order valence-corrected chi connectivity index (χ0v) is 9.74. The number of hydrogen-bond acceptors (Lipinski definition) is 5. The molecule has 2 aromatic rings. The topological polar surface area (TPSA) is 90.5 Å². The van der Waals surface area contributed by atoms with E-state index in [0.717, 1.165) is 0 Å². The van der Waals surface area contributed by atoms with Gasteiger partial charge in [-0.3, -0.25) is 4.68 Å². The molecule has 1 aromatic carbocycles. The van der Waals surface area contributed by atoms with E-state index in [9.17, 15) is 5.11 Å². The second-order valence-corrected chi connectivity index (χ2v) is 3.85. The van der Waals surface area contributed by atoms with Gasteiger partial charge in [0.1, 0.15) is 17.3 Å². The van der Waals surface area contributed by atoms with Crippen LogP contribution in [0.25, 0.3) is 0 Å². The maximum atomic E-state index is 9.60. The number of anilines is 1. The van der Waals surface area contributed by atoms with Gasteiger partial charge in [0.05, 0.1) is 13.2 Å². The Balaban J connectivity index is 1.97. The number of aromatic hydroxyl groups is 2. The van der Waals surface area contributed by atoms with Gasteiger partial charge in [-0.15, -0.1) is 0 Å². The fourth-order valence-electron chi connectivity index (χ4n) is 1.57. The van der Waals surface area contributed by atoms with Gasteiger partial charge in [-0.1, -0.05) is 0 Å². The van der Waals surface area contributed by atoms with E-state index in [0.29, 0.717) is 24.5 Å². The third kappa shape index (κ3) is 2.92. The Morgan fingerprint density at radius 1 is 1.22 bits per heavy atom. The highest BCUT2D eigenvalue weighted by Crippen LogP contribution is 2.23. The van der Waals surface area contributed by atoms with Gasteiger partial charge < -0.3 is 20.6 Å². The van der Waals surface area contributed by atoms with E-state index in [4.69, 9.17) is 10.2 Å². The average Bonchev–Trinajstić information content (AvgIpc) is 2.76. The van der Waals surface area contributed by atoms with Gasteiger partial charge in [-0.05, 0) is 12.1 Å². The summed E-state index contributed by atoms with van der Waals surface area (Å²) in [6.45, 7) is 0.897. The van der Waals surface area contributed by atoms with E-state index in [1.807, 2.05) is 0 Å². The molecule has 0 bridgehead atoms. The predicted molar refractivity (Wildman–Crippen MR) is 66.4 cm³/mol. The minimum absolute atomic E-state index is 0.0310. The molecule has 0 atom stereocenters. The second-order valence-electron chi connectivity index (χ2n) is 3.85. The predicted octanol–water partition coefficient (Wildman–Crippen LogP) is 0.899. The third-order valence-electron chi connectivity index (χ3n) is 2.50. The molecule has 0 amide bonds. The molecule has 18 heavy (non-hydrogen) atoms. The molecule has 4 N–H and O–H groups in total. The Morgan fingerprint density at radius 3 is 2.78 bits per heavy atom. The van der Waals surface area contributed by atoms with Crippen LogP contribution in [-0.2, 0) is 13.1 Å². The van der Waals surface area contributed by atoms with Crippen molar-refractivity contribution in [2.24, 2.45) is 0 Å². The van der Waals surface area contributed by atoms with Crippen LogP contribution in [-0.4, -0.2) is 31.7 Å². The second kappa shape index (κ2) is 5.42. The summed E-state index contributed by atoms with van der Waals surface area (Å²) in [5.41, 5.74) is 0.671. The largest absolute Gasteiger partial charge is 0.508 e.